The molecule has 4 rings (SSSR count). The van der Waals surface area contributed by atoms with Gasteiger partial charge in [-0.2, -0.15) is 0 Å². The van der Waals surface area contributed by atoms with Gasteiger partial charge >= 0.3 is 0 Å². The lowest BCUT2D eigenvalue weighted by Crippen LogP contribution is -2.32. The third-order valence-corrected chi connectivity index (χ3v) is 6.03. The fourth-order valence-electron chi connectivity index (χ4n) is 4.52. The van der Waals surface area contributed by atoms with Crippen LogP contribution in [0.3, 0.4) is 0 Å². The van der Waals surface area contributed by atoms with E-state index >= 15 is 0 Å². The van der Waals surface area contributed by atoms with Gasteiger partial charge in [0.1, 0.15) is 0 Å². The van der Waals surface area contributed by atoms with Gasteiger partial charge in [-0.25, -0.2) is 0 Å². The fourth-order valence-corrected chi connectivity index (χ4v) is 4.52. The highest BCUT2D eigenvalue weighted by molar-refractivity contribution is 5.42. The first-order valence-corrected chi connectivity index (χ1v) is 9.59. The van der Waals surface area contributed by atoms with E-state index in [1.165, 1.54) is 22.3 Å². The maximum absolute atomic E-state index is 2.66. The van der Waals surface area contributed by atoms with Crippen molar-refractivity contribution in [1.29, 1.82) is 0 Å². The molecule has 132 valence electrons. The van der Waals surface area contributed by atoms with E-state index in [0.29, 0.717) is 6.04 Å². The summed E-state index contributed by atoms with van der Waals surface area (Å²) in [6.07, 6.45) is 1.16. The molecule has 1 aliphatic rings. The predicted molar refractivity (Wildman–Crippen MR) is 109 cm³/mol. The first kappa shape index (κ1) is 17.1. The summed E-state index contributed by atoms with van der Waals surface area (Å²) < 4.78 is 0. The quantitative estimate of drug-likeness (QED) is 0.599. The molecule has 0 unspecified atom stereocenters. The summed E-state index contributed by atoms with van der Waals surface area (Å²) in [4.78, 5) is 2.66. The van der Waals surface area contributed by atoms with E-state index in [1.807, 2.05) is 0 Å². The van der Waals surface area contributed by atoms with Crippen molar-refractivity contribution >= 4 is 0 Å². The molecule has 1 heterocycles. The second-order valence-corrected chi connectivity index (χ2v) is 7.70. The van der Waals surface area contributed by atoms with Crippen LogP contribution in [0.2, 0.25) is 0 Å². The SMILES string of the molecule is Cc1ccccc1CN1CC(c2ccccc2)(c2ccccc2)C[C@@H]1C. The molecule has 0 saturated carbocycles. The zero-order valence-electron chi connectivity index (χ0n) is 15.7. The summed E-state index contributed by atoms with van der Waals surface area (Å²) in [6.45, 7) is 6.69. The fraction of sp³-hybridized carbons (Fsp3) is 0.280. The van der Waals surface area contributed by atoms with E-state index in [-0.39, 0.29) is 5.41 Å². The molecule has 3 aromatic carbocycles. The van der Waals surface area contributed by atoms with Crippen molar-refractivity contribution < 1.29 is 0 Å². The number of likely N-dealkylation sites (tertiary alicyclic amines) is 1. The van der Waals surface area contributed by atoms with Crippen LogP contribution >= 0.6 is 0 Å². The monoisotopic (exact) mass is 341 g/mol. The molecule has 1 atom stereocenters. The highest BCUT2D eigenvalue weighted by Gasteiger charge is 2.44. The molecule has 0 radical (unpaired) electrons. The zero-order valence-corrected chi connectivity index (χ0v) is 15.7. The summed E-state index contributed by atoms with van der Waals surface area (Å²) in [7, 11) is 0. The van der Waals surface area contributed by atoms with Gasteiger partial charge in [0.15, 0.2) is 0 Å². The average molecular weight is 341 g/mol. The number of aryl methyl sites for hydroxylation is 1. The number of hydrogen-bond donors (Lipinski definition) is 0. The molecular weight excluding hydrogens is 314 g/mol. The van der Waals surface area contributed by atoms with Gasteiger partial charge in [-0.1, -0.05) is 84.9 Å². The minimum absolute atomic E-state index is 0.0740. The summed E-state index contributed by atoms with van der Waals surface area (Å²) in [5.74, 6) is 0. The van der Waals surface area contributed by atoms with Gasteiger partial charge in [-0.15, -0.1) is 0 Å². The molecule has 1 fully saturated rings. The van der Waals surface area contributed by atoms with Crippen LogP contribution in [0.25, 0.3) is 0 Å². The number of nitrogens with zero attached hydrogens (tertiary/aromatic N) is 1. The zero-order chi connectivity index (χ0) is 18.0. The van der Waals surface area contributed by atoms with Crippen LogP contribution in [-0.4, -0.2) is 17.5 Å². The lowest BCUT2D eigenvalue weighted by molar-refractivity contribution is 0.254. The highest BCUT2D eigenvalue weighted by atomic mass is 15.2. The number of rotatable bonds is 4. The van der Waals surface area contributed by atoms with Gasteiger partial charge in [0.25, 0.3) is 0 Å². The van der Waals surface area contributed by atoms with Gasteiger partial charge in [-0.05, 0) is 42.5 Å². The van der Waals surface area contributed by atoms with E-state index in [1.54, 1.807) is 0 Å². The van der Waals surface area contributed by atoms with Crippen molar-refractivity contribution in [2.24, 2.45) is 0 Å². The lowest BCUT2D eigenvalue weighted by atomic mass is 9.73. The van der Waals surface area contributed by atoms with Crippen LogP contribution in [0.5, 0.6) is 0 Å². The van der Waals surface area contributed by atoms with Gasteiger partial charge < -0.3 is 0 Å². The molecule has 0 spiro atoms. The first-order chi connectivity index (χ1) is 12.7. The Bertz CT molecular complexity index is 814. The standard InChI is InChI=1S/C25H27N/c1-20-11-9-10-12-22(20)18-26-19-25(17-21(26)2,23-13-5-3-6-14-23)24-15-7-4-8-16-24/h3-16,21H,17-19H2,1-2H3/t21-/m0/s1. The molecule has 0 amide bonds. The molecule has 26 heavy (non-hydrogen) atoms. The second-order valence-electron chi connectivity index (χ2n) is 7.70. The Labute approximate surface area is 157 Å². The first-order valence-electron chi connectivity index (χ1n) is 9.59. The van der Waals surface area contributed by atoms with Crippen LogP contribution in [0.4, 0.5) is 0 Å². The average Bonchev–Trinajstić information content (AvgIpc) is 3.03. The summed E-state index contributed by atoms with van der Waals surface area (Å²) in [5.41, 5.74) is 5.77. The van der Waals surface area contributed by atoms with Crippen LogP contribution in [0, 0.1) is 6.92 Å². The van der Waals surface area contributed by atoms with Crippen molar-refractivity contribution in [3.8, 4) is 0 Å². The van der Waals surface area contributed by atoms with Crippen molar-refractivity contribution in [2.75, 3.05) is 6.54 Å². The number of benzene rings is 3. The van der Waals surface area contributed by atoms with Crippen molar-refractivity contribution in [2.45, 2.75) is 38.3 Å². The molecule has 1 aliphatic heterocycles. The van der Waals surface area contributed by atoms with Crippen LogP contribution in [-0.2, 0) is 12.0 Å². The normalized spacial score (nSPS) is 19.5. The minimum Gasteiger partial charge on any atom is -0.295 e. The molecule has 3 aromatic rings. The molecule has 0 aromatic heterocycles. The molecule has 0 N–H and O–H groups in total. The second kappa shape index (κ2) is 7.09. The van der Waals surface area contributed by atoms with Crippen LogP contribution in [0.15, 0.2) is 84.9 Å². The molecule has 0 aliphatic carbocycles. The topological polar surface area (TPSA) is 3.24 Å². The Morgan fingerprint density at radius 1 is 0.808 bits per heavy atom. The van der Waals surface area contributed by atoms with E-state index in [4.69, 9.17) is 0 Å². The molecule has 1 heteroatoms. The van der Waals surface area contributed by atoms with Gasteiger partial charge in [0.05, 0.1) is 0 Å². The van der Waals surface area contributed by atoms with Crippen molar-refractivity contribution in [3.63, 3.8) is 0 Å². The number of hydrogen-bond acceptors (Lipinski definition) is 1. The Morgan fingerprint density at radius 3 is 1.92 bits per heavy atom. The Balaban J connectivity index is 1.71. The molecule has 1 saturated heterocycles. The Morgan fingerprint density at radius 2 is 1.35 bits per heavy atom. The molecule has 1 nitrogen and oxygen atoms in total. The van der Waals surface area contributed by atoms with Gasteiger partial charge in [-0.3, -0.25) is 4.90 Å². The van der Waals surface area contributed by atoms with E-state index in [9.17, 15) is 0 Å². The minimum atomic E-state index is 0.0740. The van der Waals surface area contributed by atoms with E-state index in [0.717, 1.165) is 19.5 Å². The predicted octanol–water partition coefficient (Wildman–Crippen LogP) is 5.58. The van der Waals surface area contributed by atoms with Gasteiger partial charge in [0, 0.05) is 24.5 Å². The molecule has 0 bridgehead atoms. The van der Waals surface area contributed by atoms with Gasteiger partial charge in [0.2, 0.25) is 0 Å². The van der Waals surface area contributed by atoms with E-state index in [2.05, 4.69) is 104 Å². The van der Waals surface area contributed by atoms with E-state index < -0.39 is 0 Å². The lowest BCUT2D eigenvalue weighted by Gasteiger charge is -2.31. The van der Waals surface area contributed by atoms with Crippen LogP contribution in [0.1, 0.15) is 35.6 Å². The largest absolute Gasteiger partial charge is 0.295 e. The third-order valence-electron chi connectivity index (χ3n) is 6.03. The summed E-state index contributed by atoms with van der Waals surface area (Å²) in [5, 5.41) is 0. The van der Waals surface area contributed by atoms with Crippen molar-refractivity contribution in [1.82, 2.24) is 4.90 Å². The Hall–Kier alpha value is -2.38. The maximum atomic E-state index is 2.66. The summed E-state index contributed by atoms with van der Waals surface area (Å²) in [6, 6.07) is 31.5. The van der Waals surface area contributed by atoms with Crippen LogP contribution < -0.4 is 0 Å². The third kappa shape index (κ3) is 3.08. The molecular formula is C25H27N. The Kier molecular flexibility index (Phi) is 4.65. The highest BCUT2D eigenvalue weighted by Crippen LogP contribution is 2.44. The summed E-state index contributed by atoms with van der Waals surface area (Å²) >= 11 is 0. The van der Waals surface area contributed by atoms with Crippen molar-refractivity contribution in [3.05, 3.63) is 107 Å². The maximum Gasteiger partial charge on any atom is 0.0344 e. The smallest absolute Gasteiger partial charge is 0.0344 e.